The lowest BCUT2D eigenvalue weighted by molar-refractivity contribution is -0.125. The second-order valence-corrected chi connectivity index (χ2v) is 6.72. The molecule has 6 nitrogen and oxygen atoms in total. The summed E-state index contributed by atoms with van der Waals surface area (Å²) in [5.74, 6) is 0.497. The first kappa shape index (κ1) is 21.9. The summed E-state index contributed by atoms with van der Waals surface area (Å²) >= 11 is 5.88. The number of nitrogens with two attached hydrogens (primary N) is 1. The highest BCUT2D eigenvalue weighted by Crippen LogP contribution is 2.20. The Kier molecular flexibility index (Phi) is 7.99. The van der Waals surface area contributed by atoms with Crippen LogP contribution in [0.1, 0.15) is 24.4 Å². The summed E-state index contributed by atoms with van der Waals surface area (Å²) in [6, 6.07) is 16.4. The molecule has 0 aliphatic carbocycles. The number of amides is 1. The van der Waals surface area contributed by atoms with Gasteiger partial charge in [0.15, 0.2) is 0 Å². The molecule has 0 spiro atoms. The number of aromatic nitrogens is 2. The van der Waals surface area contributed by atoms with E-state index in [1.165, 1.54) is 0 Å². The molecule has 2 aromatic carbocycles. The standard InChI is InChI=1S/C20H21ClN4O2.ClH/c1-13(18(22)14-5-3-2-4-6-14)20(26)23-12-11-17-24-19(25-27-17)15-7-9-16(21)10-8-15;/h2-10,13,18H,11-12,22H2,1H3,(H,23,26);1H. The van der Waals surface area contributed by atoms with Gasteiger partial charge in [0.1, 0.15) is 0 Å². The van der Waals surface area contributed by atoms with Crippen molar-refractivity contribution >= 4 is 29.9 Å². The van der Waals surface area contributed by atoms with Crippen molar-refractivity contribution in [3.05, 3.63) is 71.1 Å². The number of halogens is 2. The first-order valence-corrected chi connectivity index (χ1v) is 9.09. The highest BCUT2D eigenvalue weighted by atomic mass is 35.5. The SMILES string of the molecule is CC(C(=O)NCCc1nc(-c2ccc(Cl)cc2)no1)C(N)c1ccccc1.Cl. The number of rotatable bonds is 7. The van der Waals surface area contributed by atoms with Crippen LogP contribution in [0.15, 0.2) is 59.1 Å². The van der Waals surface area contributed by atoms with Gasteiger partial charge in [-0.1, -0.05) is 54.0 Å². The molecule has 2 atom stereocenters. The van der Waals surface area contributed by atoms with E-state index in [4.69, 9.17) is 21.9 Å². The number of carbonyl (C=O) groups is 1. The second-order valence-electron chi connectivity index (χ2n) is 6.28. The molecule has 0 saturated heterocycles. The molecule has 0 radical (unpaired) electrons. The number of nitrogens with one attached hydrogen (secondary N) is 1. The molecule has 0 saturated carbocycles. The molecule has 1 aromatic heterocycles. The van der Waals surface area contributed by atoms with E-state index in [1.54, 1.807) is 12.1 Å². The van der Waals surface area contributed by atoms with Crippen LogP contribution in [0.25, 0.3) is 11.4 Å². The number of benzene rings is 2. The summed E-state index contributed by atoms with van der Waals surface area (Å²) in [5.41, 5.74) is 7.94. The van der Waals surface area contributed by atoms with Crippen molar-refractivity contribution in [3.63, 3.8) is 0 Å². The summed E-state index contributed by atoms with van der Waals surface area (Å²) < 4.78 is 5.24. The Bertz CT molecular complexity index is 885. The van der Waals surface area contributed by atoms with E-state index in [1.807, 2.05) is 49.4 Å². The molecule has 3 N–H and O–H groups in total. The van der Waals surface area contributed by atoms with Crippen molar-refractivity contribution in [1.82, 2.24) is 15.5 Å². The third-order valence-corrected chi connectivity index (χ3v) is 4.60. The molecule has 1 heterocycles. The first-order valence-electron chi connectivity index (χ1n) is 8.71. The van der Waals surface area contributed by atoms with Crippen LogP contribution in [0.4, 0.5) is 0 Å². The maximum absolute atomic E-state index is 12.3. The Hall–Kier alpha value is -2.41. The van der Waals surface area contributed by atoms with Crippen LogP contribution in [0, 0.1) is 5.92 Å². The number of carbonyl (C=O) groups excluding carboxylic acids is 1. The molecular formula is C20H22Cl2N4O2. The molecule has 0 aliphatic heterocycles. The monoisotopic (exact) mass is 420 g/mol. The number of hydrogen-bond donors (Lipinski definition) is 2. The highest BCUT2D eigenvalue weighted by molar-refractivity contribution is 6.30. The minimum Gasteiger partial charge on any atom is -0.355 e. The predicted molar refractivity (Wildman–Crippen MR) is 111 cm³/mol. The largest absolute Gasteiger partial charge is 0.355 e. The average molecular weight is 421 g/mol. The summed E-state index contributed by atoms with van der Waals surface area (Å²) in [5, 5.41) is 7.48. The third kappa shape index (κ3) is 5.55. The van der Waals surface area contributed by atoms with Crippen molar-refractivity contribution in [2.45, 2.75) is 19.4 Å². The minimum atomic E-state index is -0.355. The van der Waals surface area contributed by atoms with Gasteiger partial charge in [0, 0.05) is 29.6 Å². The van der Waals surface area contributed by atoms with Crippen molar-refractivity contribution in [3.8, 4) is 11.4 Å². The molecule has 148 valence electrons. The molecule has 1 amide bonds. The first-order chi connectivity index (χ1) is 13.0. The summed E-state index contributed by atoms with van der Waals surface area (Å²) in [6.07, 6.45) is 0.444. The van der Waals surface area contributed by atoms with Crippen molar-refractivity contribution < 1.29 is 9.32 Å². The normalized spacial score (nSPS) is 12.7. The van der Waals surface area contributed by atoms with E-state index >= 15 is 0 Å². The van der Waals surface area contributed by atoms with Crippen molar-refractivity contribution in [2.75, 3.05) is 6.54 Å². The van der Waals surface area contributed by atoms with Gasteiger partial charge in [0.2, 0.25) is 17.6 Å². The van der Waals surface area contributed by atoms with E-state index in [0.29, 0.717) is 29.7 Å². The Morgan fingerprint density at radius 1 is 1.18 bits per heavy atom. The molecule has 0 aliphatic rings. The van der Waals surface area contributed by atoms with Gasteiger partial charge in [-0.2, -0.15) is 4.98 Å². The summed E-state index contributed by atoms with van der Waals surface area (Å²) in [4.78, 5) is 16.7. The van der Waals surface area contributed by atoms with Crippen LogP contribution in [-0.4, -0.2) is 22.6 Å². The topological polar surface area (TPSA) is 94.0 Å². The molecule has 3 rings (SSSR count). The van der Waals surface area contributed by atoms with Crippen LogP contribution in [0.5, 0.6) is 0 Å². The lowest BCUT2D eigenvalue weighted by atomic mass is 9.95. The van der Waals surface area contributed by atoms with Gasteiger partial charge in [0.05, 0.1) is 5.92 Å². The van der Waals surface area contributed by atoms with E-state index in [9.17, 15) is 4.79 Å². The van der Waals surface area contributed by atoms with Gasteiger partial charge in [-0.05, 0) is 29.8 Å². The fourth-order valence-electron chi connectivity index (χ4n) is 2.65. The van der Waals surface area contributed by atoms with Gasteiger partial charge in [0.25, 0.3) is 0 Å². The van der Waals surface area contributed by atoms with E-state index in [2.05, 4.69) is 15.5 Å². The third-order valence-electron chi connectivity index (χ3n) is 4.35. The van der Waals surface area contributed by atoms with Crippen LogP contribution >= 0.6 is 24.0 Å². The fraction of sp³-hybridized carbons (Fsp3) is 0.250. The molecule has 3 aromatic rings. The van der Waals surface area contributed by atoms with Crippen molar-refractivity contribution in [2.24, 2.45) is 11.7 Å². The van der Waals surface area contributed by atoms with E-state index in [-0.39, 0.29) is 30.3 Å². The lowest BCUT2D eigenvalue weighted by Gasteiger charge is -2.19. The molecule has 28 heavy (non-hydrogen) atoms. The lowest BCUT2D eigenvalue weighted by Crippen LogP contribution is -2.36. The Labute approximate surface area is 174 Å². The Morgan fingerprint density at radius 3 is 2.54 bits per heavy atom. The zero-order valence-electron chi connectivity index (χ0n) is 15.3. The van der Waals surface area contributed by atoms with Crippen LogP contribution < -0.4 is 11.1 Å². The van der Waals surface area contributed by atoms with Gasteiger partial charge >= 0.3 is 0 Å². The average Bonchev–Trinajstić information content (AvgIpc) is 3.17. The quantitative estimate of drug-likeness (QED) is 0.605. The predicted octanol–water partition coefficient (Wildman–Crippen LogP) is 3.81. The summed E-state index contributed by atoms with van der Waals surface area (Å²) in [7, 11) is 0. The van der Waals surface area contributed by atoms with Gasteiger partial charge in [-0.25, -0.2) is 0 Å². The molecule has 2 unspecified atom stereocenters. The van der Waals surface area contributed by atoms with Crippen LogP contribution in [0.3, 0.4) is 0 Å². The van der Waals surface area contributed by atoms with Gasteiger partial charge in [-0.3, -0.25) is 4.79 Å². The maximum atomic E-state index is 12.3. The summed E-state index contributed by atoms with van der Waals surface area (Å²) in [6.45, 7) is 2.21. The molecular weight excluding hydrogens is 399 g/mol. The molecule has 0 fully saturated rings. The van der Waals surface area contributed by atoms with Crippen molar-refractivity contribution in [1.29, 1.82) is 0 Å². The number of hydrogen-bond acceptors (Lipinski definition) is 5. The van der Waals surface area contributed by atoms with E-state index < -0.39 is 0 Å². The van der Waals surface area contributed by atoms with Crippen LogP contribution in [-0.2, 0) is 11.2 Å². The van der Waals surface area contributed by atoms with Gasteiger partial charge < -0.3 is 15.6 Å². The fourth-order valence-corrected chi connectivity index (χ4v) is 2.78. The highest BCUT2D eigenvalue weighted by Gasteiger charge is 2.21. The van der Waals surface area contributed by atoms with Gasteiger partial charge in [-0.15, -0.1) is 12.4 Å². The Morgan fingerprint density at radius 2 is 1.86 bits per heavy atom. The number of nitrogens with zero attached hydrogens (tertiary/aromatic N) is 2. The van der Waals surface area contributed by atoms with E-state index in [0.717, 1.165) is 11.1 Å². The Balaban J connectivity index is 0.00000280. The minimum absolute atomic E-state index is 0. The molecule has 0 bridgehead atoms. The molecule has 8 heteroatoms. The maximum Gasteiger partial charge on any atom is 0.228 e. The zero-order chi connectivity index (χ0) is 19.2. The van der Waals surface area contributed by atoms with Crippen LogP contribution in [0.2, 0.25) is 5.02 Å². The smallest absolute Gasteiger partial charge is 0.228 e. The zero-order valence-corrected chi connectivity index (χ0v) is 16.9. The second kappa shape index (κ2) is 10.2.